The lowest BCUT2D eigenvalue weighted by atomic mass is 9.96. The lowest BCUT2D eigenvalue weighted by molar-refractivity contribution is -0.129. The van der Waals surface area contributed by atoms with Crippen LogP contribution in [0, 0.1) is 0 Å². The first-order chi connectivity index (χ1) is 13.1. The Morgan fingerprint density at radius 3 is 2.59 bits per heavy atom. The first kappa shape index (κ1) is 18.8. The van der Waals surface area contributed by atoms with Gasteiger partial charge in [0.25, 0.3) is 5.91 Å². The number of carbonyl (C=O) groups is 2. The molecule has 6 heteroatoms. The summed E-state index contributed by atoms with van der Waals surface area (Å²) in [5.41, 5.74) is 1.49. The summed E-state index contributed by atoms with van der Waals surface area (Å²) in [5.74, 6) is 0.399. The summed E-state index contributed by atoms with van der Waals surface area (Å²) in [4.78, 5) is 24.6. The Bertz CT molecular complexity index is 805. The standard InChI is InChI=1S/C21H23NO5/c1-3-15(16-7-5-4-6-8-16)12-22-20(23)14(2)27-21(24)17-9-10-18-19(11-17)26-13-25-18/h4-11,14-15H,3,12-13H2,1-2H3,(H,22,23)/t14-,15+/m0/s1. The van der Waals surface area contributed by atoms with Crippen molar-refractivity contribution in [2.24, 2.45) is 0 Å². The third-order valence-electron chi connectivity index (χ3n) is 4.55. The number of ether oxygens (including phenoxy) is 3. The SMILES string of the molecule is CC[C@H](CNC(=O)[C@H](C)OC(=O)c1ccc2c(c1)OCO2)c1ccccc1. The molecule has 1 amide bonds. The first-order valence-electron chi connectivity index (χ1n) is 9.01. The van der Waals surface area contributed by atoms with E-state index < -0.39 is 12.1 Å². The van der Waals surface area contributed by atoms with Crippen LogP contribution in [0.5, 0.6) is 11.5 Å². The molecule has 142 valence electrons. The number of carbonyl (C=O) groups excluding carboxylic acids is 2. The molecule has 0 fully saturated rings. The van der Waals surface area contributed by atoms with E-state index in [-0.39, 0.29) is 18.6 Å². The number of hydrogen-bond acceptors (Lipinski definition) is 5. The number of esters is 1. The highest BCUT2D eigenvalue weighted by atomic mass is 16.7. The zero-order valence-electron chi connectivity index (χ0n) is 15.4. The molecule has 0 saturated heterocycles. The maximum Gasteiger partial charge on any atom is 0.339 e. The Balaban J connectivity index is 1.53. The average molecular weight is 369 g/mol. The highest BCUT2D eigenvalue weighted by Gasteiger charge is 2.22. The highest BCUT2D eigenvalue weighted by Crippen LogP contribution is 2.32. The van der Waals surface area contributed by atoms with Crippen LogP contribution in [0.3, 0.4) is 0 Å². The molecule has 0 saturated carbocycles. The van der Waals surface area contributed by atoms with Gasteiger partial charge in [0, 0.05) is 12.5 Å². The summed E-state index contributed by atoms with van der Waals surface area (Å²) < 4.78 is 15.7. The van der Waals surface area contributed by atoms with Gasteiger partial charge in [-0.3, -0.25) is 4.79 Å². The van der Waals surface area contributed by atoms with Gasteiger partial charge in [-0.25, -0.2) is 4.79 Å². The largest absolute Gasteiger partial charge is 0.454 e. The van der Waals surface area contributed by atoms with Crippen molar-refractivity contribution in [3.8, 4) is 11.5 Å². The van der Waals surface area contributed by atoms with Gasteiger partial charge in [0.05, 0.1) is 5.56 Å². The molecular weight excluding hydrogens is 346 g/mol. The van der Waals surface area contributed by atoms with Crippen molar-refractivity contribution in [3.63, 3.8) is 0 Å². The van der Waals surface area contributed by atoms with Crippen LogP contribution in [-0.4, -0.2) is 31.3 Å². The third-order valence-corrected chi connectivity index (χ3v) is 4.55. The molecule has 1 N–H and O–H groups in total. The minimum absolute atomic E-state index is 0.132. The molecule has 0 unspecified atom stereocenters. The molecule has 2 aromatic rings. The van der Waals surface area contributed by atoms with E-state index in [0.717, 1.165) is 6.42 Å². The molecular formula is C21H23NO5. The Hall–Kier alpha value is -3.02. The number of rotatable bonds is 7. The molecule has 2 atom stereocenters. The second-order valence-electron chi connectivity index (χ2n) is 6.38. The summed E-state index contributed by atoms with van der Waals surface area (Å²) in [7, 11) is 0. The molecule has 6 nitrogen and oxygen atoms in total. The Kier molecular flexibility index (Phi) is 5.96. The van der Waals surface area contributed by atoms with Gasteiger partial charge in [0.15, 0.2) is 17.6 Å². The number of nitrogens with one attached hydrogen (secondary N) is 1. The molecule has 1 heterocycles. The fourth-order valence-corrected chi connectivity index (χ4v) is 2.90. The molecule has 2 aromatic carbocycles. The molecule has 0 radical (unpaired) electrons. The van der Waals surface area contributed by atoms with E-state index in [0.29, 0.717) is 23.6 Å². The van der Waals surface area contributed by atoms with Crippen LogP contribution in [0.1, 0.15) is 42.1 Å². The van der Waals surface area contributed by atoms with Crippen molar-refractivity contribution in [1.82, 2.24) is 5.32 Å². The maximum absolute atomic E-state index is 12.3. The summed E-state index contributed by atoms with van der Waals surface area (Å²) in [6.07, 6.45) is 0.00607. The second kappa shape index (κ2) is 8.58. The predicted octanol–water partition coefficient (Wildman–Crippen LogP) is 3.27. The van der Waals surface area contributed by atoms with Crippen LogP contribution in [0.4, 0.5) is 0 Å². The molecule has 0 bridgehead atoms. The van der Waals surface area contributed by atoms with E-state index >= 15 is 0 Å². The van der Waals surface area contributed by atoms with Gasteiger partial charge in [0.1, 0.15) is 0 Å². The lowest BCUT2D eigenvalue weighted by Crippen LogP contribution is -2.38. The van der Waals surface area contributed by atoms with Gasteiger partial charge in [-0.05, 0) is 37.1 Å². The van der Waals surface area contributed by atoms with Crippen molar-refractivity contribution >= 4 is 11.9 Å². The fraction of sp³-hybridized carbons (Fsp3) is 0.333. The van der Waals surface area contributed by atoms with Crippen LogP contribution in [0.15, 0.2) is 48.5 Å². The number of hydrogen-bond donors (Lipinski definition) is 1. The average Bonchev–Trinajstić information content (AvgIpc) is 3.16. The molecule has 0 aromatic heterocycles. The Morgan fingerprint density at radius 2 is 1.85 bits per heavy atom. The predicted molar refractivity (Wildman–Crippen MR) is 99.9 cm³/mol. The first-order valence-corrected chi connectivity index (χ1v) is 9.01. The molecule has 3 rings (SSSR count). The summed E-state index contributed by atoms with van der Waals surface area (Å²) >= 11 is 0. The monoisotopic (exact) mass is 369 g/mol. The molecule has 1 aliphatic rings. The van der Waals surface area contributed by atoms with Gasteiger partial charge in [-0.1, -0.05) is 37.3 Å². The van der Waals surface area contributed by atoms with Crippen LogP contribution >= 0.6 is 0 Å². The van der Waals surface area contributed by atoms with E-state index in [1.54, 1.807) is 25.1 Å². The summed E-state index contributed by atoms with van der Waals surface area (Å²) in [6.45, 7) is 4.26. The second-order valence-corrected chi connectivity index (χ2v) is 6.38. The summed E-state index contributed by atoms with van der Waals surface area (Å²) in [6, 6.07) is 14.8. The molecule has 1 aliphatic heterocycles. The van der Waals surface area contributed by atoms with Crippen molar-refractivity contribution < 1.29 is 23.8 Å². The quantitative estimate of drug-likeness (QED) is 0.758. The van der Waals surface area contributed by atoms with Crippen LogP contribution in [0.25, 0.3) is 0 Å². The van der Waals surface area contributed by atoms with E-state index in [4.69, 9.17) is 14.2 Å². The van der Waals surface area contributed by atoms with Crippen molar-refractivity contribution in [2.75, 3.05) is 13.3 Å². The van der Waals surface area contributed by atoms with E-state index in [1.165, 1.54) is 5.56 Å². The maximum atomic E-state index is 12.3. The van der Waals surface area contributed by atoms with Crippen LogP contribution in [0.2, 0.25) is 0 Å². The summed E-state index contributed by atoms with van der Waals surface area (Å²) in [5, 5.41) is 2.87. The normalized spacial score (nSPS) is 14.3. The van der Waals surface area contributed by atoms with E-state index in [2.05, 4.69) is 12.2 Å². The third kappa shape index (κ3) is 4.58. The minimum atomic E-state index is -0.892. The zero-order valence-corrected chi connectivity index (χ0v) is 15.4. The van der Waals surface area contributed by atoms with Crippen LogP contribution in [-0.2, 0) is 9.53 Å². The van der Waals surface area contributed by atoms with Gasteiger partial charge < -0.3 is 19.5 Å². The Morgan fingerprint density at radius 1 is 1.11 bits per heavy atom. The van der Waals surface area contributed by atoms with Crippen molar-refractivity contribution in [1.29, 1.82) is 0 Å². The highest BCUT2D eigenvalue weighted by molar-refractivity contribution is 5.92. The molecule has 0 aliphatic carbocycles. The van der Waals surface area contributed by atoms with Gasteiger partial charge in [-0.2, -0.15) is 0 Å². The van der Waals surface area contributed by atoms with Gasteiger partial charge >= 0.3 is 5.97 Å². The molecule has 27 heavy (non-hydrogen) atoms. The van der Waals surface area contributed by atoms with E-state index in [1.807, 2.05) is 30.3 Å². The zero-order chi connectivity index (χ0) is 19.2. The number of benzene rings is 2. The van der Waals surface area contributed by atoms with Crippen LogP contribution < -0.4 is 14.8 Å². The minimum Gasteiger partial charge on any atom is -0.454 e. The number of fused-ring (bicyclic) bond motifs is 1. The Labute approximate surface area is 158 Å². The van der Waals surface area contributed by atoms with Crippen molar-refractivity contribution in [3.05, 3.63) is 59.7 Å². The smallest absolute Gasteiger partial charge is 0.339 e. The topological polar surface area (TPSA) is 73.9 Å². The lowest BCUT2D eigenvalue weighted by Gasteiger charge is -2.18. The number of amides is 1. The van der Waals surface area contributed by atoms with E-state index in [9.17, 15) is 9.59 Å². The van der Waals surface area contributed by atoms with Crippen molar-refractivity contribution in [2.45, 2.75) is 32.3 Å². The fourth-order valence-electron chi connectivity index (χ4n) is 2.90. The van der Waals surface area contributed by atoms with Gasteiger partial charge in [-0.15, -0.1) is 0 Å². The van der Waals surface area contributed by atoms with Gasteiger partial charge in [0.2, 0.25) is 6.79 Å². The molecule has 0 spiro atoms.